The first kappa shape index (κ1) is 16.0. The van der Waals surface area contributed by atoms with Crippen molar-refractivity contribution in [1.29, 1.82) is 0 Å². The Morgan fingerprint density at radius 2 is 2.14 bits per heavy atom. The average Bonchev–Trinajstić information content (AvgIpc) is 2.96. The number of hydrogen-bond donors (Lipinski definition) is 1. The normalized spacial score (nSPS) is 10.3. The maximum atomic E-state index is 11.3. The number of hydrogen-bond acceptors (Lipinski definition) is 6. The Bertz CT molecular complexity index is 672. The van der Waals surface area contributed by atoms with Gasteiger partial charge in [-0.2, -0.15) is 4.98 Å². The van der Waals surface area contributed by atoms with Crippen LogP contribution < -0.4 is 5.32 Å². The highest BCUT2D eigenvalue weighted by Gasteiger charge is 2.15. The molecule has 0 bridgehead atoms. The number of carbonyl (C=O) groups excluding carboxylic acids is 2. The summed E-state index contributed by atoms with van der Waals surface area (Å²) < 4.78 is 9.64. The first-order valence-electron chi connectivity index (χ1n) is 6.64. The number of aromatic nitrogens is 2. The molecule has 1 amide bonds. The van der Waals surface area contributed by atoms with Gasteiger partial charge in [-0.3, -0.25) is 4.79 Å². The van der Waals surface area contributed by atoms with Gasteiger partial charge in [-0.15, -0.1) is 0 Å². The van der Waals surface area contributed by atoms with E-state index in [-0.39, 0.29) is 13.2 Å². The summed E-state index contributed by atoms with van der Waals surface area (Å²) in [5.41, 5.74) is 0.662. The Kier molecular flexibility index (Phi) is 5.48. The third kappa shape index (κ3) is 4.05. The molecule has 0 radical (unpaired) electrons. The molecular formula is C14H14ClN3O4. The summed E-state index contributed by atoms with van der Waals surface area (Å²) in [5, 5.41) is 6.76. The van der Waals surface area contributed by atoms with Crippen molar-refractivity contribution in [3.05, 3.63) is 35.2 Å². The van der Waals surface area contributed by atoms with E-state index < -0.39 is 11.9 Å². The van der Waals surface area contributed by atoms with Crippen molar-refractivity contribution in [1.82, 2.24) is 15.5 Å². The average molecular weight is 324 g/mol. The number of nitrogens with zero attached hydrogens (tertiary/aromatic N) is 2. The van der Waals surface area contributed by atoms with Crippen LogP contribution >= 0.6 is 11.6 Å². The molecule has 1 aromatic heterocycles. The van der Waals surface area contributed by atoms with Crippen LogP contribution in [0.4, 0.5) is 0 Å². The Balaban J connectivity index is 1.89. The van der Waals surface area contributed by atoms with Crippen LogP contribution in [0.5, 0.6) is 0 Å². The second-order valence-electron chi connectivity index (χ2n) is 4.22. The maximum Gasteiger partial charge on any atom is 0.396 e. The smallest absolute Gasteiger partial charge is 0.396 e. The summed E-state index contributed by atoms with van der Waals surface area (Å²) >= 11 is 6.05. The molecule has 2 aromatic rings. The van der Waals surface area contributed by atoms with Gasteiger partial charge in [-0.25, -0.2) is 4.79 Å². The summed E-state index contributed by atoms with van der Waals surface area (Å²) in [7, 11) is 0. The standard InChI is InChI=1S/C14H14ClN3O4/c1-2-21-14(20)13(19)16-8-7-11-17-12(18-22-11)9-5-3-4-6-10(9)15/h3-6H,2,7-8H2,1H3,(H,16,19). The fraction of sp³-hybridized carbons (Fsp3) is 0.286. The molecule has 0 aliphatic carbocycles. The molecule has 116 valence electrons. The lowest BCUT2D eigenvalue weighted by Crippen LogP contribution is -2.33. The molecule has 0 saturated carbocycles. The van der Waals surface area contributed by atoms with E-state index in [0.717, 1.165) is 0 Å². The van der Waals surface area contributed by atoms with Gasteiger partial charge in [0.2, 0.25) is 11.7 Å². The third-order valence-electron chi connectivity index (χ3n) is 2.67. The highest BCUT2D eigenvalue weighted by atomic mass is 35.5. The molecule has 0 atom stereocenters. The van der Waals surface area contributed by atoms with Crippen LogP contribution in [0.25, 0.3) is 11.4 Å². The molecule has 7 nitrogen and oxygen atoms in total. The van der Waals surface area contributed by atoms with Crippen LogP contribution in [0, 0.1) is 0 Å². The number of carbonyl (C=O) groups is 2. The van der Waals surface area contributed by atoms with Crippen molar-refractivity contribution in [3.63, 3.8) is 0 Å². The van der Waals surface area contributed by atoms with Crippen molar-refractivity contribution in [2.45, 2.75) is 13.3 Å². The van der Waals surface area contributed by atoms with Gasteiger partial charge in [-0.1, -0.05) is 28.9 Å². The molecule has 0 aliphatic rings. The lowest BCUT2D eigenvalue weighted by molar-refractivity contribution is -0.154. The highest BCUT2D eigenvalue weighted by molar-refractivity contribution is 6.33. The summed E-state index contributed by atoms with van der Waals surface area (Å²) in [4.78, 5) is 26.6. The second-order valence-corrected chi connectivity index (χ2v) is 4.63. The first-order valence-corrected chi connectivity index (χ1v) is 7.02. The molecule has 1 heterocycles. The fourth-order valence-corrected chi connectivity index (χ4v) is 1.88. The molecule has 22 heavy (non-hydrogen) atoms. The van der Waals surface area contributed by atoms with Gasteiger partial charge < -0.3 is 14.6 Å². The summed E-state index contributed by atoms with van der Waals surface area (Å²) in [6, 6.07) is 7.13. The van der Waals surface area contributed by atoms with Crippen LogP contribution in [-0.4, -0.2) is 35.2 Å². The van der Waals surface area contributed by atoms with E-state index in [4.69, 9.17) is 16.1 Å². The zero-order valence-corrected chi connectivity index (χ0v) is 12.6. The van der Waals surface area contributed by atoms with Crippen LogP contribution in [0.2, 0.25) is 5.02 Å². The molecule has 8 heteroatoms. The maximum absolute atomic E-state index is 11.3. The van der Waals surface area contributed by atoms with Gasteiger partial charge in [0.25, 0.3) is 0 Å². The number of rotatable bonds is 5. The van der Waals surface area contributed by atoms with Crippen molar-refractivity contribution in [2.24, 2.45) is 0 Å². The molecule has 0 spiro atoms. The highest BCUT2D eigenvalue weighted by Crippen LogP contribution is 2.24. The van der Waals surface area contributed by atoms with Crippen molar-refractivity contribution in [2.75, 3.05) is 13.2 Å². The van der Waals surface area contributed by atoms with E-state index >= 15 is 0 Å². The molecule has 1 aromatic carbocycles. The SMILES string of the molecule is CCOC(=O)C(=O)NCCc1nc(-c2ccccc2Cl)no1. The van der Waals surface area contributed by atoms with E-state index in [1.165, 1.54) is 0 Å². The molecule has 0 unspecified atom stereocenters. The number of ether oxygens (including phenoxy) is 1. The number of benzene rings is 1. The van der Waals surface area contributed by atoms with E-state index in [1.807, 2.05) is 6.07 Å². The quantitative estimate of drug-likeness (QED) is 0.663. The molecule has 0 saturated heterocycles. The summed E-state index contributed by atoms with van der Waals surface area (Å²) in [6.07, 6.45) is 0.294. The van der Waals surface area contributed by atoms with Crippen molar-refractivity contribution >= 4 is 23.5 Å². The Labute approximate surface area is 131 Å². The lowest BCUT2D eigenvalue weighted by atomic mass is 10.2. The Morgan fingerprint density at radius 1 is 1.36 bits per heavy atom. The van der Waals surface area contributed by atoms with Gasteiger partial charge in [0.1, 0.15) is 0 Å². The van der Waals surface area contributed by atoms with Crippen LogP contribution in [0.1, 0.15) is 12.8 Å². The van der Waals surface area contributed by atoms with Gasteiger partial charge in [0, 0.05) is 18.5 Å². The molecule has 1 N–H and O–H groups in total. The molecule has 0 aliphatic heterocycles. The van der Waals surface area contributed by atoms with Gasteiger partial charge in [0.05, 0.1) is 11.6 Å². The van der Waals surface area contributed by atoms with Crippen molar-refractivity contribution < 1.29 is 18.8 Å². The minimum atomic E-state index is -0.912. The van der Waals surface area contributed by atoms with E-state index in [9.17, 15) is 9.59 Å². The number of nitrogens with one attached hydrogen (secondary N) is 1. The summed E-state index contributed by atoms with van der Waals surface area (Å²) in [6.45, 7) is 1.96. The predicted molar refractivity (Wildman–Crippen MR) is 78.1 cm³/mol. The molecular weight excluding hydrogens is 310 g/mol. The Morgan fingerprint density at radius 3 is 2.86 bits per heavy atom. The number of amides is 1. The largest absolute Gasteiger partial charge is 0.459 e. The zero-order chi connectivity index (χ0) is 15.9. The Hall–Kier alpha value is -2.41. The number of halogens is 1. The van der Waals surface area contributed by atoms with E-state index in [2.05, 4.69) is 20.2 Å². The van der Waals surface area contributed by atoms with Crippen molar-refractivity contribution in [3.8, 4) is 11.4 Å². The summed E-state index contributed by atoms with van der Waals surface area (Å²) in [5.74, 6) is -1.01. The molecule has 2 rings (SSSR count). The van der Waals surface area contributed by atoms with Crippen LogP contribution in [0.3, 0.4) is 0 Å². The van der Waals surface area contributed by atoms with Gasteiger partial charge in [-0.05, 0) is 19.1 Å². The third-order valence-corrected chi connectivity index (χ3v) is 3.00. The minimum Gasteiger partial charge on any atom is -0.459 e. The van der Waals surface area contributed by atoms with E-state index in [0.29, 0.717) is 28.7 Å². The predicted octanol–water partition coefficient (Wildman–Crippen LogP) is 1.61. The second kappa shape index (κ2) is 7.56. The fourth-order valence-electron chi connectivity index (χ4n) is 1.66. The van der Waals surface area contributed by atoms with Gasteiger partial charge in [0.15, 0.2) is 0 Å². The lowest BCUT2D eigenvalue weighted by Gasteiger charge is -2.02. The van der Waals surface area contributed by atoms with E-state index in [1.54, 1.807) is 25.1 Å². The minimum absolute atomic E-state index is 0.150. The number of esters is 1. The first-order chi connectivity index (χ1) is 10.6. The topological polar surface area (TPSA) is 94.3 Å². The molecule has 0 fully saturated rings. The van der Waals surface area contributed by atoms with Gasteiger partial charge >= 0.3 is 11.9 Å². The van der Waals surface area contributed by atoms with Crippen LogP contribution in [-0.2, 0) is 20.7 Å². The van der Waals surface area contributed by atoms with Crippen LogP contribution in [0.15, 0.2) is 28.8 Å². The monoisotopic (exact) mass is 323 g/mol. The zero-order valence-electron chi connectivity index (χ0n) is 11.8.